The predicted molar refractivity (Wildman–Crippen MR) is 95.3 cm³/mol. The van der Waals surface area contributed by atoms with Crippen LogP contribution >= 0.6 is 0 Å². The molecular formula is C19H21FN4O3. The average molecular weight is 372 g/mol. The van der Waals surface area contributed by atoms with Gasteiger partial charge in [-0.15, -0.1) is 0 Å². The first kappa shape index (κ1) is 17.6. The molecular weight excluding hydrogens is 351 g/mol. The fourth-order valence-electron chi connectivity index (χ4n) is 3.89. The molecule has 0 bridgehead atoms. The summed E-state index contributed by atoms with van der Waals surface area (Å²) in [4.78, 5) is 25.1. The summed E-state index contributed by atoms with van der Waals surface area (Å²) < 4.78 is 15.0. The third-order valence-corrected chi connectivity index (χ3v) is 5.31. The number of halogens is 1. The molecule has 1 saturated carbocycles. The molecule has 2 aliphatic rings. The summed E-state index contributed by atoms with van der Waals surface area (Å²) in [6.45, 7) is 5.06. The van der Waals surface area contributed by atoms with Crippen LogP contribution in [0, 0.1) is 27.3 Å². The number of fused-ring (bicyclic) bond motifs is 1. The van der Waals surface area contributed by atoms with Crippen molar-refractivity contribution in [2.24, 2.45) is 11.3 Å². The van der Waals surface area contributed by atoms with E-state index in [1.165, 1.54) is 12.1 Å². The minimum atomic E-state index is -0.745. The molecule has 8 heteroatoms. The molecule has 27 heavy (non-hydrogen) atoms. The van der Waals surface area contributed by atoms with E-state index >= 15 is 0 Å². The van der Waals surface area contributed by atoms with Crippen molar-refractivity contribution < 1.29 is 14.1 Å². The molecule has 7 nitrogen and oxygen atoms in total. The van der Waals surface area contributed by atoms with E-state index in [1.54, 1.807) is 27.9 Å². The number of carbonyl (C=O) groups is 1. The number of aromatic nitrogens is 2. The Morgan fingerprint density at radius 1 is 1.33 bits per heavy atom. The van der Waals surface area contributed by atoms with Gasteiger partial charge in [-0.05, 0) is 36.1 Å². The van der Waals surface area contributed by atoms with E-state index in [2.05, 4.69) is 18.9 Å². The lowest BCUT2D eigenvalue weighted by atomic mass is 9.87. The Bertz CT molecular complexity index is 906. The van der Waals surface area contributed by atoms with Crippen molar-refractivity contribution in [1.29, 1.82) is 0 Å². The minimum Gasteiger partial charge on any atom is -0.337 e. The highest BCUT2D eigenvalue weighted by molar-refractivity contribution is 5.82. The number of benzene rings is 1. The third-order valence-electron chi connectivity index (χ3n) is 5.31. The SMILES string of the molecule is CC1(C)Cc2c(cnn2-c2ccc(F)cc2)CN(C(=O)[C@@H]2C[C@H]2[N+](=O)[O-])C1. The number of amides is 1. The Kier molecular flexibility index (Phi) is 4.01. The Morgan fingerprint density at radius 3 is 2.67 bits per heavy atom. The van der Waals surface area contributed by atoms with Crippen molar-refractivity contribution in [1.82, 2.24) is 14.7 Å². The van der Waals surface area contributed by atoms with E-state index in [9.17, 15) is 19.3 Å². The van der Waals surface area contributed by atoms with Crippen molar-refractivity contribution in [3.63, 3.8) is 0 Å². The van der Waals surface area contributed by atoms with Crippen LogP contribution in [0.5, 0.6) is 0 Å². The van der Waals surface area contributed by atoms with Crippen molar-refractivity contribution >= 4 is 5.91 Å². The first-order valence-corrected chi connectivity index (χ1v) is 8.99. The number of nitrogens with zero attached hydrogens (tertiary/aromatic N) is 4. The van der Waals surface area contributed by atoms with E-state index in [0.717, 1.165) is 16.9 Å². The van der Waals surface area contributed by atoms with Crippen molar-refractivity contribution in [2.75, 3.05) is 6.54 Å². The molecule has 0 saturated heterocycles. The van der Waals surface area contributed by atoms with E-state index in [4.69, 9.17) is 0 Å². The van der Waals surface area contributed by atoms with Crippen LogP contribution in [0.1, 0.15) is 31.5 Å². The highest BCUT2D eigenvalue weighted by Crippen LogP contribution is 2.38. The van der Waals surface area contributed by atoms with Crippen molar-refractivity contribution in [3.8, 4) is 5.69 Å². The van der Waals surface area contributed by atoms with Crippen LogP contribution in [0.3, 0.4) is 0 Å². The van der Waals surface area contributed by atoms with Crippen LogP contribution in [-0.4, -0.2) is 38.1 Å². The second-order valence-electron chi connectivity index (χ2n) is 8.23. The summed E-state index contributed by atoms with van der Waals surface area (Å²) in [5.74, 6) is -0.962. The zero-order chi connectivity index (χ0) is 19.3. The Hall–Kier alpha value is -2.77. The van der Waals surface area contributed by atoms with Crippen molar-refractivity contribution in [3.05, 3.63) is 57.7 Å². The van der Waals surface area contributed by atoms with Gasteiger partial charge in [0.2, 0.25) is 11.9 Å². The quantitative estimate of drug-likeness (QED) is 0.613. The highest BCUT2D eigenvalue weighted by atomic mass is 19.1. The lowest BCUT2D eigenvalue weighted by Gasteiger charge is -2.29. The van der Waals surface area contributed by atoms with Crippen LogP contribution in [0.2, 0.25) is 0 Å². The normalized spacial score (nSPS) is 23.4. The summed E-state index contributed by atoms with van der Waals surface area (Å²) in [6.07, 6.45) is 2.76. The van der Waals surface area contributed by atoms with Gasteiger partial charge in [0.05, 0.1) is 11.9 Å². The van der Waals surface area contributed by atoms with Crippen molar-refractivity contribution in [2.45, 2.75) is 39.3 Å². The number of hydrogen-bond donors (Lipinski definition) is 0. The molecule has 2 heterocycles. The third kappa shape index (κ3) is 3.31. The second kappa shape index (κ2) is 6.14. The van der Waals surface area contributed by atoms with E-state index < -0.39 is 12.0 Å². The second-order valence-corrected chi connectivity index (χ2v) is 8.23. The van der Waals surface area contributed by atoms with Gasteiger partial charge >= 0.3 is 0 Å². The molecule has 0 radical (unpaired) electrons. The van der Waals surface area contributed by atoms with E-state index in [0.29, 0.717) is 25.9 Å². The van der Waals surface area contributed by atoms with Crippen LogP contribution in [0.4, 0.5) is 4.39 Å². The van der Waals surface area contributed by atoms with Gasteiger partial charge in [0.25, 0.3) is 0 Å². The lowest BCUT2D eigenvalue weighted by molar-refractivity contribution is -0.497. The number of carbonyl (C=O) groups excluding carboxylic acids is 1. The molecule has 142 valence electrons. The maximum Gasteiger partial charge on any atom is 0.233 e. The van der Waals surface area contributed by atoms with Crippen LogP contribution < -0.4 is 0 Å². The molecule has 1 aromatic heterocycles. The van der Waals surface area contributed by atoms with Gasteiger partial charge in [-0.2, -0.15) is 5.10 Å². The summed E-state index contributed by atoms with van der Waals surface area (Å²) in [7, 11) is 0. The topological polar surface area (TPSA) is 81.3 Å². The fraction of sp³-hybridized carbons (Fsp3) is 0.474. The van der Waals surface area contributed by atoms with Crippen LogP contribution in [0.25, 0.3) is 5.69 Å². The van der Waals surface area contributed by atoms with Gasteiger partial charge in [0.15, 0.2) is 0 Å². The summed E-state index contributed by atoms with van der Waals surface area (Å²) in [5.41, 5.74) is 2.47. The Balaban J connectivity index is 1.64. The first-order valence-electron chi connectivity index (χ1n) is 8.99. The first-order chi connectivity index (χ1) is 12.7. The largest absolute Gasteiger partial charge is 0.337 e. The smallest absolute Gasteiger partial charge is 0.233 e. The molecule has 2 aromatic rings. The van der Waals surface area contributed by atoms with Crippen LogP contribution in [-0.2, 0) is 17.8 Å². The molecule has 1 amide bonds. The van der Waals surface area contributed by atoms with Gasteiger partial charge in [-0.25, -0.2) is 9.07 Å². The molecule has 0 unspecified atom stereocenters. The summed E-state index contributed by atoms with van der Waals surface area (Å²) >= 11 is 0. The number of nitro groups is 1. The standard InChI is InChI=1S/C19H21FN4O3/c1-19(2)8-17-12(9-21-23(17)14-5-3-13(20)4-6-14)10-22(11-19)18(25)15-7-16(15)24(26)27/h3-6,9,15-16H,7-8,10-11H2,1-2H3/t15-,16-/m1/s1. The van der Waals surface area contributed by atoms with Gasteiger partial charge < -0.3 is 4.90 Å². The summed E-state index contributed by atoms with van der Waals surface area (Å²) in [5, 5.41) is 15.4. The maximum atomic E-state index is 13.2. The molecule has 0 N–H and O–H groups in total. The van der Waals surface area contributed by atoms with Gasteiger partial charge in [-0.1, -0.05) is 13.8 Å². The molecule has 1 fully saturated rings. The number of rotatable bonds is 3. The van der Waals surface area contributed by atoms with Gasteiger partial charge in [-0.3, -0.25) is 14.9 Å². The Labute approximate surface area is 155 Å². The predicted octanol–water partition coefficient (Wildman–Crippen LogP) is 2.59. The molecule has 1 aromatic carbocycles. The zero-order valence-corrected chi connectivity index (χ0v) is 15.3. The zero-order valence-electron chi connectivity index (χ0n) is 15.3. The lowest BCUT2D eigenvalue weighted by Crippen LogP contribution is -2.39. The average Bonchev–Trinajstić information content (AvgIpc) is 3.34. The Morgan fingerprint density at radius 2 is 2.04 bits per heavy atom. The monoisotopic (exact) mass is 372 g/mol. The van der Waals surface area contributed by atoms with Crippen LogP contribution in [0.15, 0.2) is 30.5 Å². The van der Waals surface area contributed by atoms with Gasteiger partial charge in [0, 0.05) is 35.7 Å². The van der Waals surface area contributed by atoms with E-state index in [1.807, 2.05) is 0 Å². The molecule has 0 spiro atoms. The number of hydrogen-bond acceptors (Lipinski definition) is 4. The molecule has 4 rings (SSSR count). The molecule has 1 aliphatic carbocycles. The highest BCUT2D eigenvalue weighted by Gasteiger charge is 2.55. The maximum absolute atomic E-state index is 13.2. The fourth-order valence-corrected chi connectivity index (χ4v) is 3.89. The van der Waals surface area contributed by atoms with E-state index in [-0.39, 0.29) is 22.1 Å². The minimum absolute atomic E-state index is 0.146. The molecule has 2 atom stereocenters. The van der Waals surface area contributed by atoms with Gasteiger partial charge in [0.1, 0.15) is 11.7 Å². The summed E-state index contributed by atoms with van der Waals surface area (Å²) in [6, 6.07) is 5.40. The molecule has 1 aliphatic heterocycles.